The van der Waals surface area contributed by atoms with Crippen LogP contribution < -0.4 is 0 Å². The zero-order valence-corrected chi connectivity index (χ0v) is 19.8. The number of halogens is 2. The number of esters is 1. The second-order valence-electron chi connectivity index (χ2n) is 6.59. The van der Waals surface area contributed by atoms with E-state index in [1.54, 1.807) is 36.4 Å². The van der Waals surface area contributed by atoms with Gasteiger partial charge in [0.1, 0.15) is 5.69 Å². The second kappa shape index (κ2) is 8.49. The summed E-state index contributed by atoms with van der Waals surface area (Å²) < 4.78 is 35.6. The first kappa shape index (κ1) is 22.2. The zero-order valence-electron chi connectivity index (χ0n) is 16.6. The Balaban J connectivity index is 1.88. The Morgan fingerprint density at radius 1 is 1.19 bits per heavy atom. The molecule has 164 valence electrons. The summed E-state index contributed by atoms with van der Waals surface area (Å²) >= 11 is 9.72. The van der Waals surface area contributed by atoms with E-state index in [0.717, 1.165) is 6.26 Å². The minimum absolute atomic E-state index is 0.00663. The predicted molar refractivity (Wildman–Crippen MR) is 119 cm³/mol. The highest BCUT2D eigenvalue weighted by Gasteiger charge is 2.28. The normalized spacial score (nSPS) is 11.5. The minimum atomic E-state index is -3.42. The van der Waals surface area contributed by atoms with Crippen LogP contribution in [0.15, 0.2) is 62.4 Å². The summed E-state index contributed by atoms with van der Waals surface area (Å²) in [6.07, 6.45) is 1.11. The third-order valence-corrected chi connectivity index (χ3v) is 6.61. The van der Waals surface area contributed by atoms with Gasteiger partial charge in [0.05, 0.1) is 27.2 Å². The maximum atomic E-state index is 12.2. The lowest BCUT2D eigenvalue weighted by Crippen LogP contribution is -2.05. The van der Waals surface area contributed by atoms with Gasteiger partial charge >= 0.3 is 5.97 Å². The first-order valence-corrected chi connectivity index (χ1v) is 12.0. The Bertz CT molecular complexity index is 1450. The van der Waals surface area contributed by atoms with Gasteiger partial charge in [0.15, 0.2) is 15.5 Å². The largest absolute Gasteiger partial charge is 0.464 e. The molecule has 2 aromatic carbocycles. The number of benzene rings is 2. The fraction of sp³-hybridized carbons (Fsp3) is 0.100. The lowest BCUT2D eigenvalue weighted by Gasteiger charge is -2.06. The second-order valence-corrected chi connectivity index (χ2v) is 9.81. The van der Waals surface area contributed by atoms with Gasteiger partial charge in [0, 0.05) is 11.8 Å². The van der Waals surface area contributed by atoms with Crippen LogP contribution in [0.4, 0.5) is 0 Å². The highest BCUT2D eigenvalue weighted by molar-refractivity contribution is 9.10. The average molecular weight is 538 g/mol. The van der Waals surface area contributed by atoms with Gasteiger partial charge in [-0.05, 0) is 46.3 Å². The van der Waals surface area contributed by atoms with Gasteiger partial charge in [0.2, 0.25) is 5.82 Å². The van der Waals surface area contributed by atoms with Crippen LogP contribution in [0.1, 0.15) is 10.5 Å². The van der Waals surface area contributed by atoms with Crippen LogP contribution in [0.25, 0.3) is 28.7 Å². The minimum Gasteiger partial charge on any atom is -0.464 e. The number of hydrogen-bond donors (Lipinski definition) is 0. The van der Waals surface area contributed by atoms with Crippen molar-refractivity contribution < 1.29 is 22.5 Å². The van der Waals surface area contributed by atoms with Crippen molar-refractivity contribution in [2.45, 2.75) is 4.90 Å². The Morgan fingerprint density at radius 2 is 1.94 bits per heavy atom. The highest BCUT2D eigenvalue weighted by atomic mass is 79.9. The first-order chi connectivity index (χ1) is 15.2. The molecule has 2 aromatic heterocycles. The number of ether oxygens (including phenoxy) is 1. The van der Waals surface area contributed by atoms with Crippen molar-refractivity contribution in [3.05, 3.63) is 63.7 Å². The number of carbonyl (C=O) groups excluding carboxylic acids is 1. The number of methoxy groups -OCH3 is 1. The van der Waals surface area contributed by atoms with Gasteiger partial charge in [-0.25, -0.2) is 17.9 Å². The van der Waals surface area contributed by atoms with E-state index >= 15 is 0 Å². The van der Waals surface area contributed by atoms with Crippen LogP contribution in [-0.2, 0) is 14.6 Å². The summed E-state index contributed by atoms with van der Waals surface area (Å²) in [4.78, 5) is 16.7. The van der Waals surface area contributed by atoms with E-state index in [0.29, 0.717) is 22.0 Å². The van der Waals surface area contributed by atoms with Gasteiger partial charge in [-0.15, -0.1) is 0 Å². The Morgan fingerprint density at radius 3 is 2.62 bits per heavy atom. The molecular weight excluding hydrogens is 524 g/mol. The van der Waals surface area contributed by atoms with E-state index < -0.39 is 15.8 Å². The maximum absolute atomic E-state index is 12.2. The standard InChI is InChI=1S/C20H14BrClN4O5S/c1-30-20(27)16-15(21)17(26(24-16)14-9-4-3-8-13(14)22)18-23-19(31-25-18)11-6-5-7-12(10-11)32(2,28)29/h3-10H,1-2H3. The van der Waals surface area contributed by atoms with Crippen molar-refractivity contribution in [1.29, 1.82) is 0 Å². The van der Waals surface area contributed by atoms with E-state index in [1.807, 2.05) is 0 Å². The molecule has 4 aromatic rings. The van der Waals surface area contributed by atoms with Crippen molar-refractivity contribution in [1.82, 2.24) is 19.9 Å². The molecule has 0 aliphatic carbocycles. The monoisotopic (exact) mass is 536 g/mol. The molecule has 0 N–H and O–H groups in total. The van der Waals surface area contributed by atoms with E-state index in [9.17, 15) is 13.2 Å². The Hall–Kier alpha value is -3.02. The SMILES string of the molecule is COC(=O)c1nn(-c2ccccc2Cl)c(-c2noc(-c3cccc(S(C)(=O)=O)c3)n2)c1Br. The number of rotatable bonds is 5. The van der Waals surface area contributed by atoms with Crippen molar-refractivity contribution in [3.63, 3.8) is 0 Å². The molecule has 32 heavy (non-hydrogen) atoms. The van der Waals surface area contributed by atoms with Crippen molar-refractivity contribution in [3.8, 4) is 28.7 Å². The number of para-hydroxylation sites is 1. The number of aromatic nitrogens is 4. The molecule has 0 unspecified atom stereocenters. The molecule has 0 bridgehead atoms. The molecule has 0 spiro atoms. The summed E-state index contributed by atoms with van der Waals surface area (Å²) in [6.45, 7) is 0. The lowest BCUT2D eigenvalue weighted by atomic mass is 10.2. The molecule has 12 heteroatoms. The number of carbonyl (C=O) groups is 1. The molecule has 0 radical (unpaired) electrons. The van der Waals surface area contributed by atoms with Crippen LogP contribution in [-0.4, -0.2) is 47.7 Å². The van der Waals surface area contributed by atoms with Gasteiger partial charge < -0.3 is 9.26 Å². The van der Waals surface area contributed by atoms with Crippen LogP contribution >= 0.6 is 27.5 Å². The molecule has 0 aliphatic heterocycles. The number of sulfone groups is 1. The third-order valence-electron chi connectivity index (χ3n) is 4.43. The molecule has 9 nitrogen and oxygen atoms in total. The van der Waals surface area contributed by atoms with Gasteiger partial charge in [-0.2, -0.15) is 10.1 Å². The molecule has 0 amide bonds. The summed E-state index contributed by atoms with van der Waals surface area (Å²) in [5.74, 6) is -0.489. The average Bonchev–Trinajstić information content (AvgIpc) is 3.37. The van der Waals surface area contributed by atoms with Crippen molar-refractivity contribution in [2.24, 2.45) is 0 Å². The van der Waals surface area contributed by atoms with Crippen LogP contribution in [0.3, 0.4) is 0 Å². The summed E-state index contributed by atoms with van der Waals surface area (Å²) in [6, 6.07) is 13.0. The number of nitrogens with zero attached hydrogens (tertiary/aromatic N) is 4. The van der Waals surface area contributed by atoms with Crippen LogP contribution in [0.2, 0.25) is 5.02 Å². The molecule has 0 fully saturated rings. The molecule has 0 aliphatic rings. The van der Waals surface area contributed by atoms with Crippen molar-refractivity contribution >= 4 is 43.3 Å². The van der Waals surface area contributed by atoms with E-state index in [1.165, 1.54) is 23.9 Å². The van der Waals surface area contributed by atoms with Gasteiger partial charge in [0.25, 0.3) is 5.89 Å². The highest BCUT2D eigenvalue weighted by Crippen LogP contribution is 2.35. The summed E-state index contributed by atoms with van der Waals surface area (Å²) in [5, 5.41) is 8.71. The van der Waals surface area contributed by atoms with Crippen LogP contribution in [0, 0.1) is 0 Å². The van der Waals surface area contributed by atoms with E-state index in [-0.39, 0.29) is 26.8 Å². The fourth-order valence-corrected chi connectivity index (χ4v) is 4.38. The predicted octanol–water partition coefficient (Wildman–Crippen LogP) is 4.20. The van der Waals surface area contributed by atoms with Gasteiger partial charge in [-0.3, -0.25) is 0 Å². The molecule has 0 atom stereocenters. The molecular formula is C20H14BrClN4O5S. The molecule has 2 heterocycles. The number of hydrogen-bond acceptors (Lipinski definition) is 8. The van der Waals surface area contributed by atoms with Gasteiger partial charge in [-0.1, -0.05) is 35.0 Å². The summed E-state index contributed by atoms with van der Waals surface area (Å²) in [5.41, 5.74) is 1.19. The molecule has 0 saturated heterocycles. The maximum Gasteiger partial charge on any atom is 0.359 e. The topological polar surface area (TPSA) is 117 Å². The third kappa shape index (κ3) is 4.06. The fourth-order valence-electron chi connectivity index (χ4n) is 2.91. The summed E-state index contributed by atoms with van der Waals surface area (Å²) in [7, 11) is -2.18. The molecule has 0 saturated carbocycles. The smallest absolute Gasteiger partial charge is 0.359 e. The van der Waals surface area contributed by atoms with Crippen molar-refractivity contribution in [2.75, 3.05) is 13.4 Å². The van der Waals surface area contributed by atoms with Crippen LogP contribution in [0.5, 0.6) is 0 Å². The quantitative estimate of drug-likeness (QED) is 0.348. The first-order valence-electron chi connectivity index (χ1n) is 8.97. The van der Waals surface area contributed by atoms with E-state index in [2.05, 4.69) is 31.2 Å². The Kier molecular flexibility index (Phi) is 5.89. The Labute approximate surface area is 196 Å². The zero-order chi connectivity index (χ0) is 23.0. The van der Waals surface area contributed by atoms with E-state index in [4.69, 9.17) is 20.9 Å². The molecule has 4 rings (SSSR count). The lowest BCUT2D eigenvalue weighted by molar-refractivity contribution is 0.0592.